The average molecular weight is 238 g/mol. The molecule has 0 spiro atoms. The van der Waals surface area contributed by atoms with E-state index in [2.05, 4.69) is 32.8 Å². The van der Waals surface area contributed by atoms with Crippen molar-refractivity contribution in [3.63, 3.8) is 0 Å². The van der Waals surface area contributed by atoms with E-state index >= 15 is 0 Å². The van der Waals surface area contributed by atoms with Gasteiger partial charge in [-0.2, -0.15) is 5.10 Å². The Labute approximate surface area is 105 Å². The zero-order valence-corrected chi connectivity index (χ0v) is 11.6. The number of aliphatic hydroxyl groups is 1. The molecular weight excluding hydrogens is 212 g/mol. The SMILES string of the molecule is CCCC(O)(CCC)Cc1ccn(C(C)C)n1. The van der Waals surface area contributed by atoms with Crippen LogP contribution in [-0.4, -0.2) is 20.5 Å². The van der Waals surface area contributed by atoms with Gasteiger partial charge in [0.2, 0.25) is 0 Å². The molecule has 98 valence electrons. The van der Waals surface area contributed by atoms with Gasteiger partial charge in [-0.1, -0.05) is 26.7 Å². The van der Waals surface area contributed by atoms with Gasteiger partial charge in [0, 0.05) is 18.7 Å². The Hall–Kier alpha value is -0.830. The molecule has 1 N–H and O–H groups in total. The maximum atomic E-state index is 10.6. The van der Waals surface area contributed by atoms with E-state index in [0.717, 1.165) is 31.4 Å². The molecule has 0 aliphatic carbocycles. The normalized spacial score (nSPS) is 12.4. The molecule has 0 aliphatic heterocycles. The molecule has 0 aliphatic rings. The van der Waals surface area contributed by atoms with Crippen LogP contribution in [0.3, 0.4) is 0 Å². The van der Waals surface area contributed by atoms with Crippen LogP contribution in [0.5, 0.6) is 0 Å². The van der Waals surface area contributed by atoms with E-state index in [9.17, 15) is 5.11 Å². The van der Waals surface area contributed by atoms with Gasteiger partial charge in [0.15, 0.2) is 0 Å². The van der Waals surface area contributed by atoms with Gasteiger partial charge in [-0.15, -0.1) is 0 Å². The van der Waals surface area contributed by atoms with Gasteiger partial charge in [0.1, 0.15) is 0 Å². The molecule has 1 aromatic heterocycles. The lowest BCUT2D eigenvalue weighted by atomic mass is 9.88. The van der Waals surface area contributed by atoms with Crippen molar-refractivity contribution in [3.05, 3.63) is 18.0 Å². The van der Waals surface area contributed by atoms with E-state index in [1.54, 1.807) is 0 Å². The molecule has 17 heavy (non-hydrogen) atoms. The molecule has 1 aromatic rings. The fraction of sp³-hybridized carbons (Fsp3) is 0.786. The second-order valence-corrected chi connectivity index (χ2v) is 5.28. The zero-order valence-electron chi connectivity index (χ0n) is 11.6. The van der Waals surface area contributed by atoms with Crippen LogP contribution in [0.1, 0.15) is 65.1 Å². The molecule has 0 saturated carbocycles. The first-order chi connectivity index (χ1) is 8.00. The van der Waals surface area contributed by atoms with Crippen molar-refractivity contribution < 1.29 is 5.11 Å². The van der Waals surface area contributed by atoms with Gasteiger partial charge in [-0.3, -0.25) is 4.68 Å². The van der Waals surface area contributed by atoms with Crippen molar-refractivity contribution in [2.24, 2.45) is 0 Å². The summed E-state index contributed by atoms with van der Waals surface area (Å²) in [7, 11) is 0. The number of hydrogen-bond acceptors (Lipinski definition) is 2. The van der Waals surface area contributed by atoms with Crippen LogP contribution in [0.4, 0.5) is 0 Å². The first kappa shape index (κ1) is 14.2. The minimum absolute atomic E-state index is 0.384. The lowest BCUT2D eigenvalue weighted by Crippen LogP contribution is -2.31. The topological polar surface area (TPSA) is 38.0 Å². The Morgan fingerprint density at radius 3 is 2.29 bits per heavy atom. The lowest BCUT2D eigenvalue weighted by Gasteiger charge is -2.26. The predicted octanol–water partition coefficient (Wildman–Crippen LogP) is 3.34. The number of nitrogens with zero attached hydrogens (tertiary/aromatic N) is 2. The highest BCUT2D eigenvalue weighted by Gasteiger charge is 2.26. The molecule has 1 rings (SSSR count). The first-order valence-corrected chi connectivity index (χ1v) is 6.77. The Morgan fingerprint density at radius 1 is 1.29 bits per heavy atom. The van der Waals surface area contributed by atoms with E-state index in [4.69, 9.17) is 0 Å². The summed E-state index contributed by atoms with van der Waals surface area (Å²) < 4.78 is 1.95. The van der Waals surface area contributed by atoms with Crippen LogP contribution >= 0.6 is 0 Å². The summed E-state index contributed by atoms with van der Waals surface area (Å²) >= 11 is 0. The highest BCUT2D eigenvalue weighted by molar-refractivity contribution is 5.04. The zero-order chi connectivity index (χ0) is 12.9. The summed E-state index contributed by atoms with van der Waals surface area (Å²) in [6.07, 6.45) is 6.42. The minimum Gasteiger partial charge on any atom is -0.389 e. The summed E-state index contributed by atoms with van der Waals surface area (Å²) in [5, 5.41) is 15.1. The van der Waals surface area contributed by atoms with Gasteiger partial charge in [0.25, 0.3) is 0 Å². The van der Waals surface area contributed by atoms with Gasteiger partial charge in [0.05, 0.1) is 11.3 Å². The largest absolute Gasteiger partial charge is 0.389 e. The van der Waals surface area contributed by atoms with Crippen LogP contribution in [0, 0.1) is 0 Å². The average Bonchev–Trinajstić information content (AvgIpc) is 2.66. The predicted molar refractivity (Wildman–Crippen MR) is 71.1 cm³/mol. The van der Waals surface area contributed by atoms with Gasteiger partial charge < -0.3 is 5.11 Å². The van der Waals surface area contributed by atoms with Crippen LogP contribution in [0.2, 0.25) is 0 Å². The molecule has 1 heterocycles. The quantitative estimate of drug-likeness (QED) is 0.791. The molecule has 0 fully saturated rings. The van der Waals surface area contributed by atoms with Gasteiger partial charge >= 0.3 is 0 Å². The van der Waals surface area contributed by atoms with Gasteiger partial charge in [-0.05, 0) is 32.8 Å². The first-order valence-electron chi connectivity index (χ1n) is 6.77. The molecule has 0 radical (unpaired) electrons. The summed E-state index contributed by atoms with van der Waals surface area (Å²) in [5.74, 6) is 0. The number of aromatic nitrogens is 2. The Kier molecular flexibility index (Phi) is 5.19. The Bertz CT molecular complexity index is 325. The summed E-state index contributed by atoms with van der Waals surface area (Å²) in [4.78, 5) is 0. The van der Waals surface area contributed by atoms with Crippen molar-refractivity contribution in [3.8, 4) is 0 Å². The van der Waals surface area contributed by atoms with Crippen LogP contribution in [0.15, 0.2) is 12.3 Å². The van der Waals surface area contributed by atoms with Crippen molar-refractivity contribution in [1.82, 2.24) is 9.78 Å². The number of hydrogen-bond donors (Lipinski definition) is 1. The standard InChI is InChI=1S/C14H26N2O/c1-5-8-14(17,9-6-2)11-13-7-10-16(15-13)12(3)4/h7,10,12,17H,5-6,8-9,11H2,1-4H3. The third-order valence-corrected chi connectivity index (χ3v) is 3.13. The van der Waals surface area contributed by atoms with E-state index in [0.29, 0.717) is 12.5 Å². The fourth-order valence-electron chi connectivity index (χ4n) is 2.33. The maximum absolute atomic E-state index is 10.6. The molecule has 0 unspecified atom stereocenters. The number of rotatable bonds is 7. The van der Waals surface area contributed by atoms with Crippen molar-refractivity contribution in [2.45, 2.75) is 71.4 Å². The molecule has 3 heteroatoms. The second-order valence-electron chi connectivity index (χ2n) is 5.28. The van der Waals surface area contributed by atoms with Crippen molar-refractivity contribution >= 4 is 0 Å². The molecule has 0 amide bonds. The molecule has 0 atom stereocenters. The molecule has 3 nitrogen and oxygen atoms in total. The van der Waals surface area contributed by atoms with E-state index in [-0.39, 0.29) is 0 Å². The lowest BCUT2D eigenvalue weighted by molar-refractivity contribution is 0.0206. The van der Waals surface area contributed by atoms with Crippen molar-refractivity contribution in [2.75, 3.05) is 0 Å². The monoisotopic (exact) mass is 238 g/mol. The molecule has 0 saturated heterocycles. The van der Waals surface area contributed by atoms with Crippen LogP contribution in [0.25, 0.3) is 0 Å². The van der Waals surface area contributed by atoms with E-state index in [1.165, 1.54) is 0 Å². The highest BCUT2D eigenvalue weighted by Crippen LogP contribution is 2.24. The summed E-state index contributed by atoms with van der Waals surface area (Å²) in [6.45, 7) is 8.46. The molecular formula is C14H26N2O. The Morgan fingerprint density at radius 2 is 1.88 bits per heavy atom. The fourth-order valence-corrected chi connectivity index (χ4v) is 2.33. The van der Waals surface area contributed by atoms with E-state index < -0.39 is 5.60 Å². The third kappa shape index (κ3) is 4.15. The van der Waals surface area contributed by atoms with E-state index in [1.807, 2.05) is 16.9 Å². The highest BCUT2D eigenvalue weighted by atomic mass is 16.3. The Balaban J connectivity index is 2.71. The third-order valence-electron chi connectivity index (χ3n) is 3.13. The minimum atomic E-state index is -0.570. The molecule has 0 bridgehead atoms. The van der Waals surface area contributed by atoms with Crippen molar-refractivity contribution in [1.29, 1.82) is 0 Å². The molecule has 0 aromatic carbocycles. The van der Waals surface area contributed by atoms with Crippen LogP contribution < -0.4 is 0 Å². The summed E-state index contributed by atoms with van der Waals surface area (Å²) in [5.41, 5.74) is 0.433. The van der Waals surface area contributed by atoms with Crippen LogP contribution in [-0.2, 0) is 6.42 Å². The van der Waals surface area contributed by atoms with Gasteiger partial charge in [-0.25, -0.2) is 0 Å². The maximum Gasteiger partial charge on any atom is 0.0703 e. The smallest absolute Gasteiger partial charge is 0.0703 e. The second kappa shape index (κ2) is 6.20. The summed E-state index contributed by atoms with van der Waals surface area (Å²) in [6, 6.07) is 2.41.